The van der Waals surface area contributed by atoms with Gasteiger partial charge >= 0.3 is 5.97 Å². The van der Waals surface area contributed by atoms with Gasteiger partial charge in [0.25, 0.3) is 0 Å². The summed E-state index contributed by atoms with van der Waals surface area (Å²) in [6, 6.07) is 20.0. The van der Waals surface area contributed by atoms with Gasteiger partial charge in [0.05, 0.1) is 5.39 Å². The van der Waals surface area contributed by atoms with Crippen molar-refractivity contribution in [3.8, 4) is 17.2 Å². The fourth-order valence-electron chi connectivity index (χ4n) is 3.64. The molecule has 6 nitrogen and oxygen atoms in total. The monoisotopic (exact) mass is 458 g/mol. The summed E-state index contributed by atoms with van der Waals surface area (Å²) in [5, 5.41) is 0.355. The molecule has 174 valence electrons. The summed E-state index contributed by atoms with van der Waals surface area (Å²) >= 11 is 0. The molecule has 4 aromatic rings. The minimum Gasteiger partial charge on any atom is -0.479 e. The highest BCUT2D eigenvalue weighted by molar-refractivity contribution is 5.79. The van der Waals surface area contributed by atoms with Crippen LogP contribution in [0.4, 0.5) is 0 Å². The van der Waals surface area contributed by atoms with Gasteiger partial charge in [-0.3, -0.25) is 4.79 Å². The van der Waals surface area contributed by atoms with Crippen molar-refractivity contribution in [2.75, 3.05) is 0 Å². The molecule has 0 aliphatic rings. The summed E-state index contributed by atoms with van der Waals surface area (Å²) in [6.45, 7) is 5.94. The van der Waals surface area contributed by atoms with Crippen LogP contribution in [0.5, 0.6) is 17.2 Å². The van der Waals surface area contributed by atoms with E-state index in [0.717, 1.165) is 16.7 Å². The largest absolute Gasteiger partial charge is 0.479 e. The Morgan fingerprint density at radius 1 is 0.941 bits per heavy atom. The molecule has 0 saturated heterocycles. The van der Waals surface area contributed by atoms with Crippen LogP contribution < -0.4 is 14.9 Å². The Morgan fingerprint density at radius 2 is 1.68 bits per heavy atom. The lowest BCUT2D eigenvalue weighted by molar-refractivity contribution is -0.153. The zero-order valence-corrected chi connectivity index (χ0v) is 19.4. The van der Waals surface area contributed by atoms with Gasteiger partial charge in [0, 0.05) is 6.07 Å². The number of rotatable bonds is 8. The highest BCUT2D eigenvalue weighted by Gasteiger charge is 2.21. The minimum absolute atomic E-state index is 0.0992. The summed E-state index contributed by atoms with van der Waals surface area (Å²) in [7, 11) is 0. The van der Waals surface area contributed by atoms with Gasteiger partial charge in [-0.2, -0.15) is 0 Å². The van der Waals surface area contributed by atoms with Crippen molar-refractivity contribution in [2.45, 2.75) is 39.9 Å². The highest BCUT2D eigenvalue weighted by atomic mass is 16.6. The molecule has 6 heteroatoms. The second-order valence-corrected chi connectivity index (χ2v) is 8.12. The first-order valence-electron chi connectivity index (χ1n) is 11.1. The maximum atomic E-state index is 12.9. The van der Waals surface area contributed by atoms with Crippen LogP contribution in [0, 0.1) is 13.8 Å². The van der Waals surface area contributed by atoms with Crippen LogP contribution in [0.15, 0.2) is 82.2 Å². The Balaban J connectivity index is 1.48. The van der Waals surface area contributed by atoms with Crippen LogP contribution in [-0.2, 0) is 16.1 Å². The van der Waals surface area contributed by atoms with Crippen LogP contribution in [0.3, 0.4) is 0 Å². The molecule has 3 aromatic carbocycles. The van der Waals surface area contributed by atoms with Gasteiger partial charge in [0.2, 0.25) is 11.2 Å². The van der Waals surface area contributed by atoms with Crippen molar-refractivity contribution in [3.05, 3.63) is 99.9 Å². The third-order valence-corrected chi connectivity index (χ3v) is 5.27. The Kier molecular flexibility index (Phi) is 6.97. The van der Waals surface area contributed by atoms with E-state index < -0.39 is 12.1 Å². The quantitative estimate of drug-likeness (QED) is 0.297. The minimum atomic E-state index is -0.778. The number of aryl methyl sites for hydroxylation is 2. The standard InChI is InChI=1S/C28H26O6/c1-4-24(28(30)32-16-20-8-6-5-7-9-20)33-21-10-11-23-25(15-21)31-17-26(27(23)29)34-22-13-18(2)12-19(3)14-22/h5-15,17,24H,4,16H2,1-3H3/t24-/m1/s1. The third kappa shape index (κ3) is 5.46. The Hall–Kier alpha value is -4.06. The number of benzene rings is 3. The van der Waals surface area contributed by atoms with Crippen LogP contribution >= 0.6 is 0 Å². The summed E-state index contributed by atoms with van der Waals surface area (Å²) < 4.78 is 22.7. The van der Waals surface area contributed by atoms with E-state index in [1.54, 1.807) is 18.2 Å². The van der Waals surface area contributed by atoms with E-state index in [4.69, 9.17) is 18.6 Å². The van der Waals surface area contributed by atoms with E-state index in [0.29, 0.717) is 28.9 Å². The van der Waals surface area contributed by atoms with Crippen molar-refractivity contribution in [1.29, 1.82) is 0 Å². The summed E-state index contributed by atoms with van der Waals surface area (Å²) in [6.07, 6.45) is 0.940. The summed E-state index contributed by atoms with van der Waals surface area (Å²) in [5.41, 5.74) is 3.02. The molecular formula is C28H26O6. The lowest BCUT2D eigenvalue weighted by Crippen LogP contribution is -2.28. The van der Waals surface area contributed by atoms with Crippen molar-refractivity contribution in [3.63, 3.8) is 0 Å². The average Bonchev–Trinajstić information content (AvgIpc) is 2.83. The molecule has 0 saturated carbocycles. The van der Waals surface area contributed by atoms with E-state index in [1.165, 1.54) is 6.26 Å². The molecule has 0 fully saturated rings. The van der Waals surface area contributed by atoms with E-state index in [9.17, 15) is 9.59 Å². The summed E-state index contributed by atoms with van der Waals surface area (Å²) in [5.74, 6) is 0.623. The molecule has 1 heterocycles. The second kappa shape index (κ2) is 10.3. The number of carbonyl (C=O) groups is 1. The number of hydrogen-bond acceptors (Lipinski definition) is 6. The molecule has 0 amide bonds. The highest BCUT2D eigenvalue weighted by Crippen LogP contribution is 2.26. The summed E-state index contributed by atoms with van der Waals surface area (Å²) in [4.78, 5) is 25.4. The van der Waals surface area contributed by atoms with Gasteiger partial charge < -0.3 is 18.6 Å². The fraction of sp³-hybridized carbons (Fsp3) is 0.214. The topological polar surface area (TPSA) is 75.0 Å². The zero-order chi connectivity index (χ0) is 24.1. The maximum absolute atomic E-state index is 12.9. The lowest BCUT2D eigenvalue weighted by Gasteiger charge is -2.17. The normalized spacial score (nSPS) is 11.7. The van der Waals surface area contributed by atoms with Gasteiger partial charge in [0.15, 0.2) is 6.10 Å². The van der Waals surface area contributed by atoms with E-state index in [-0.39, 0.29) is 17.8 Å². The van der Waals surface area contributed by atoms with Crippen molar-refractivity contribution < 1.29 is 23.4 Å². The predicted molar refractivity (Wildman–Crippen MR) is 129 cm³/mol. The van der Waals surface area contributed by atoms with Crippen molar-refractivity contribution in [1.82, 2.24) is 0 Å². The molecule has 1 atom stereocenters. The number of hydrogen-bond donors (Lipinski definition) is 0. The lowest BCUT2D eigenvalue weighted by atomic mass is 10.1. The molecule has 0 N–H and O–H groups in total. The molecule has 0 spiro atoms. The smallest absolute Gasteiger partial charge is 0.347 e. The SMILES string of the molecule is CC[C@@H](Oc1ccc2c(=O)c(Oc3cc(C)cc(C)c3)coc2c1)C(=O)OCc1ccccc1. The molecule has 0 aliphatic heterocycles. The van der Waals surface area contributed by atoms with Crippen molar-refractivity contribution >= 4 is 16.9 Å². The van der Waals surface area contributed by atoms with E-state index in [1.807, 2.05) is 69.3 Å². The molecule has 1 aromatic heterocycles. The van der Waals surface area contributed by atoms with Gasteiger partial charge in [0.1, 0.15) is 30.0 Å². The zero-order valence-electron chi connectivity index (χ0n) is 19.4. The van der Waals surface area contributed by atoms with Gasteiger partial charge in [-0.05, 0) is 61.2 Å². The first kappa shape index (κ1) is 23.1. The molecule has 0 unspecified atom stereocenters. The van der Waals surface area contributed by atoms with Gasteiger partial charge in [-0.15, -0.1) is 0 Å². The number of esters is 1. The van der Waals surface area contributed by atoms with Crippen LogP contribution in [-0.4, -0.2) is 12.1 Å². The molecule has 4 rings (SSSR count). The number of fused-ring (bicyclic) bond motifs is 1. The van der Waals surface area contributed by atoms with Crippen LogP contribution in [0.1, 0.15) is 30.0 Å². The first-order chi connectivity index (χ1) is 16.4. The molecule has 0 aliphatic carbocycles. The fourth-order valence-corrected chi connectivity index (χ4v) is 3.64. The van der Waals surface area contributed by atoms with Crippen molar-refractivity contribution in [2.24, 2.45) is 0 Å². The predicted octanol–water partition coefficient (Wildman–Crippen LogP) is 6.10. The average molecular weight is 459 g/mol. The Morgan fingerprint density at radius 3 is 2.38 bits per heavy atom. The third-order valence-electron chi connectivity index (χ3n) is 5.27. The molecule has 0 radical (unpaired) electrons. The molecule has 34 heavy (non-hydrogen) atoms. The van der Waals surface area contributed by atoms with E-state index in [2.05, 4.69) is 0 Å². The number of carbonyl (C=O) groups excluding carboxylic acids is 1. The maximum Gasteiger partial charge on any atom is 0.347 e. The van der Waals surface area contributed by atoms with E-state index >= 15 is 0 Å². The Bertz CT molecular complexity index is 1340. The Labute approximate surface area is 197 Å². The van der Waals surface area contributed by atoms with Crippen LogP contribution in [0.2, 0.25) is 0 Å². The van der Waals surface area contributed by atoms with Crippen LogP contribution in [0.25, 0.3) is 11.0 Å². The molecular weight excluding hydrogens is 432 g/mol. The van der Waals surface area contributed by atoms with Gasteiger partial charge in [-0.25, -0.2) is 4.79 Å². The molecule has 0 bridgehead atoms. The first-order valence-corrected chi connectivity index (χ1v) is 11.1. The second-order valence-electron chi connectivity index (χ2n) is 8.12. The number of ether oxygens (including phenoxy) is 3. The van der Waals surface area contributed by atoms with Gasteiger partial charge in [-0.1, -0.05) is 43.3 Å².